The maximum atomic E-state index is 11.1. The Kier molecular flexibility index (Phi) is 3.27. The highest BCUT2D eigenvalue weighted by Crippen LogP contribution is 2.33. The van der Waals surface area contributed by atoms with Gasteiger partial charge in [0, 0.05) is 10.5 Å². The molecule has 3 aromatic rings. The van der Waals surface area contributed by atoms with Crippen molar-refractivity contribution in [3.63, 3.8) is 0 Å². The molecule has 0 saturated carbocycles. The van der Waals surface area contributed by atoms with Crippen LogP contribution in [0.5, 0.6) is 0 Å². The van der Waals surface area contributed by atoms with Crippen LogP contribution in [0.3, 0.4) is 0 Å². The van der Waals surface area contributed by atoms with Gasteiger partial charge in [0.2, 0.25) is 0 Å². The van der Waals surface area contributed by atoms with E-state index in [2.05, 4.69) is 4.98 Å². The van der Waals surface area contributed by atoms with Crippen LogP contribution in [0.4, 0.5) is 0 Å². The number of rotatable bonds is 3. The summed E-state index contributed by atoms with van der Waals surface area (Å²) in [7, 11) is 0. The van der Waals surface area contributed by atoms with Crippen LogP contribution in [0, 0.1) is 0 Å². The van der Waals surface area contributed by atoms with Crippen molar-refractivity contribution in [3.05, 3.63) is 53.1 Å². The summed E-state index contributed by atoms with van der Waals surface area (Å²) in [5.41, 5.74) is 1.97. The predicted octanol–water partition coefficient (Wildman–Crippen LogP) is 4.44. The summed E-state index contributed by atoms with van der Waals surface area (Å²) in [5.74, 6) is 0. The lowest BCUT2D eigenvalue weighted by Gasteiger charge is -2.02. The van der Waals surface area contributed by atoms with Crippen molar-refractivity contribution in [2.45, 2.75) is 10.1 Å². The zero-order valence-corrected chi connectivity index (χ0v) is 11.2. The number of para-hydroxylation sites is 2. The number of aromatic nitrogens is 1. The first kappa shape index (κ1) is 12.3. The Bertz CT molecular complexity index is 721. The van der Waals surface area contributed by atoms with Crippen LogP contribution in [0.25, 0.3) is 11.1 Å². The summed E-state index contributed by atoms with van der Waals surface area (Å²) in [6.07, 6.45) is 0.743. The van der Waals surface area contributed by atoms with Gasteiger partial charge in [-0.05, 0) is 36.0 Å². The first-order valence-corrected chi connectivity index (χ1v) is 6.74. The molecule has 3 rings (SSSR count). The molecule has 0 fully saturated rings. The van der Waals surface area contributed by atoms with Gasteiger partial charge in [0.1, 0.15) is 5.52 Å². The molecule has 19 heavy (non-hydrogen) atoms. The minimum atomic E-state index is 0.427. The maximum absolute atomic E-state index is 11.1. The van der Waals surface area contributed by atoms with Crippen LogP contribution >= 0.6 is 23.4 Å². The van der Waals surface area contributed by atoms with E-state index in [1.54, 1.807) is 12.1 Å². The van der Waals surface area contributed by atoms with E-state index in [4.69, 9.17) is 16.0 Å². The zero-order chi connectivity index (χ0) is 13.2. The number of halogens is 1. The van der Waals surface area contributed by atoms with Gasteiger partial charge >= 0.3 is 0 Å². The zero-order valence-electron chi connectivity index (χ0n) is 9.67. The molecule has 0 aliphatic carbocycles. The molecule has 1 aromatic heterocycles. The van der Waals surface area contributed by atoms with E-state index in [0.29, 0.717) is 15.8 Å². The van der Waals surface area contributed by atoms with Crippen molar-refractivity contribution < 1.29 is 9.21 Å². The molecule has 0 spiro atoms. The highest BCUT2D eigenvalue weighted by atomic mass is 35.5. The molecule has 0 unspecified atom stereocenters. The van der Waals surface area contributed by atoms with Crippen molar-refractivity contribution in [2.75, 3.05) is 0 Å². The van der Waals surface area contributed by atoms with Gasteiger partial charge in [-0.2, -0.15) is 0 Å². The molecule has 0 radical (unpaired) electrons. The van der Waals surface area contributed by atoms with Gasteiger partial charge in [0.05, 0.1) is 5.02 Å². The molecule has 0 amide bonds. The summed E-state index contributed by atoms with van der Waals surface area (Å²) in [6.45, 7) is 0. The number of hydrogen-bond donors (Lipinski definition) is 0. The minimum Gasteiger partial charge on any atom is -0.431 e. The van der Waals surface area contributed by atoms with Gasteiger partial charge in [-0.3, -0.25) is 4.79 Å². The molecule has 0 N–H and O–H groups in total. The van der Waals surface area contributed by atoms with Crippen LogP contribution in [-0.4, -0.2) is 11.3 Å². The molecular weight excluding hydrogens is 282 g/mol. The third kappa shape index (κ3) is 2.37. The Morgan fingerprint density at radius 2 is 2.00 bits per heavy atom. The molecule has 94 valence electrons. The summed E-state index contributed by atoms with van der Waals surface area (Å²) in [4.78, 5) is 16.1. The smallest absolute Gasteiger partial charge is 0.261 e. The van der Waals surface area contributed by atoms with Crippen molar-refractivity contribution in [3.8, 4) is 0 Å². The number of hydrogen-bond acceptors (Lipinski definition) is 4. The SMILES string of the molecule is O=Cc1c(Cl)cccc1Sc1nc2ccccc2o1. The molecule has 5 heteroatoms. The molecule has 0 saturated heterocycles. The summed E-state index contributed by atoms with van der Waals surface area (Å²) in [6, 6.07) is 12.8. The molecule has 0 bridgehead atoms. The molecule has 0 aliphatic rings. The van der Waals surface area contributed by atoms with E-state index >= 15 is 0 Å². The lowest BCUT2D eigenvalue weighted by molar-refractivity contribution is 0.112. The van der Waals surface area contributed by atoms with E-state index in [1.807, 2.05) is 30.3 Å². The normalized spacial score (nSPS) is 10.8. The molecule has 1 heterocycles. The van der Waals surface area contributed by atoms with Gasteiger partial charge < -0.3 is 4.42 Å². The first-order valence-electron chi connectivity index (χ1n) is 5.55. The quantitative estimate of drug-likeness (QED) is 0.668. The van der Waals surface area contributed by atoms with Gasteiger partial charge in [0.15, 0.2) is 11.9 Å². The van der Waals surface area contributed by atoms with E-state index < -0.39 is 0 Å². The Balaban J connectivity index is 2.01. The van der Waals surface area contributed by atoms with Gasteiger partial charge in [-0.25, -0.2) is 4.98 Å². The van der Waals surface area contributed by atoms with Crippen LogP contribution in [0.1, 0.15) is 10.4 Å². The lowest BCUT2D eigenvalue weighted by Crippen LogP contribution is -1.86. The molecular formula is C14H8ClNO2S. The number of fused-ring (bicyclic) bond motifs is 1. The molecule has 0 aliphatic heterocycles. The standard InChI is InChI=1S/C14H8ClNO2S/c15-10-4-3-7-13(9(10)8-17)19-14-16-11-5-1-2-6-12(11)18-14/h1-8H. The van der Waals surface area contributed by atoms with Crippen molar-refractivity contribution in [1.82, 2.24) is 4.98 Å². The fraction of sp³-hybridized carbons (Fsp3) is 0. The van der Waals surface area contributed by atoms with E-state index in [-0.39, 0.29) is 0 Å². The average molecular weight is 290 g/mol. The Morgan fingerprint density at radius 1 is 1.16 bits per heavy atom. The minimum absolute atomic E-state index is 0.427. The highest BCUT2D eigenvalue weighted by molar-refractivity contribution is 7.99. The van der Waals surface area contributed by atoms with Crippen molar-refractivity contribution >= 4 is 40.7 Å². The second kappa shape index (κ2) is 5.07. The number of aldehydes is 1. The van der Waals surface area contributed by atoms with Crippen LogP contribution in [-0.2, 0) is 0 Å². The maximum Gasteiger partial charge on any atom is 0.261 e. The van der Waals surface area contributed by atoms with Crippen LogP contribution < -0.4 is 0 Å². The van der Waals surface area contributed by atoms with Gasteiger partial charge in [-0.1, -0.05) is 29.8 Å². The largest absolute Gasteiger partial charge is 0.431 e. The Labute approximate surface area is 118 Å². The van der Waals surface area contributed by atoms with E-state index in [9.17, 15) is 4.79 Å². The second-order valence-corrected chi connectivity index (χ2v) is 5.22. The third-order valence-corrected chi connectivity index (χ3v) is 3.86. The first-order chi connectivity index (χ1) is 9.28. The topological polar surface area (TPSA) is 43.1 Å². The Morgan fingerprint density at radius 3 is 2.79 bits per heavy atom. The summed E-state index contributed by atoms with van der Waals surface area (Å²) in [5, 5.41) is 0.919. The number of carbonyl (C=O) groups is 1. The van der Waals surface area contributed by atoms with Gasteiger partial charge in [0.25, 0.3) is 5.22 Å². The average Bonchev–Trinajstić information content (AvgIpc) is 2.81. The predicted molar refractivity (Wildman–Crippen MR) is 75.0 cm³/mol. The number of nitrogens with zero attached hydrogens (tertiary/aromatic N) is 1. The summed E-state index contributed by atoms with van der Waals surface area (Å²) >= 11 is 7.26. The Hall–Kier alpha value is -1.78. The number of oxazole rings is 1. The highest BCUT2D eigenvalue weighted by Gasteiger charge is 2.11. The van der Waals surface area contributed by atoms with Crippen LogP contribution in [0.2, 0.25) is 5.02 Å². The van der Waals surface area contributed by atoms with E-state index in [0.717, 1.165) is 22.3 Å². The molecule has 0 atom stereocenters. The lowest BCUT2D eigenvalue weighted by atomic mass is 10.2. The monoisotopic (exact) mass is 289 g/mol. The van der Waals surface area contributed by atoms with Gasteiger partial charge in [-0.15, -0.1) is 0 Å². The van der Waals surface area contributed by atoms with Crippen molar-refractivity contribution in [1.29, 1.82) is 0 Å². The fourth-order valence-electron chi connectivity index (χ4n) is 1.71. The molecule has 3 nitrogen and oxygen atoms in total. The number of benzene rings is 2. The molecule has 2 aromatic carbocycles. The fourth-order valence-corrected chi connectivity index (χ4v) is 2.86. The van der Waals surface area contributed by atoms with Crippen molar-refractivity contribution in [2.24, 2.45) is 0 Å². The second-order valence-electron chi connectivity index (χ2n) is 3.82. The van der Waals surface area contributed by atoms with Crippen LogP contribution in [0.15, 0.2) is 57.0 Å². The third-order valence-electron chi connectivity index (χ3n) is 2.60. The number of carbonyl (C=O) groups excluding carboxylic acids is 1. The van der Waals surface area contributed by atoms with E-state index in [1.165, 1.54) is 11.8 Å². The summed E-state index contributed by atoms with van der Waals surface area (Å²) < 4.78 is 5.60.